The molecule has 33 heavy (non-hydrogen) atoms. The van der Waals surface area contributed by atoms with Crippen LogP contribution in [0.5, 0.6) is 0 Å². The average molecular weight is 440 g/mol. The Hall–Kier alpha value is -2.68. The van der Waals surface area contributed by atoms with E-state index < -0.39 is 0 Å². The number of nitrogens with zero attached hydrogens (tertiary/aromatic N) is 1. The number of hydrogen-bond donors (Lipinski definition) is 1. The summed E-state index contributed by atoms with van der Waals surface area (Å²) < 4.78 is 0. The van der Waals surface area contributed by atoms with Gasteiger partial charge >= 0.3 is 0 Å². The minimum atomic E-state index is 0.185. The van der Waals surface area contributed by atoms with Crippen molar-refractivity contribution in [2.75, 3.05) is 26.7 Å². The molecule has 0 radical (unpaired) electrons. The molecule has 0 aliphatic carbocycles. The van der Waals surface area contributed by atoms with Gasteiger partial charge < -0.3 is 10.0 Å². The van der Waals surface area contributed by atoms with Gasteiger partial charge in [-0.05, 0) is 86.5 Å². The number of benzene rings is 3. The van der Waals surface area contributed by atoms with Gasteiger partial charge in [0.1, 0.15) is 0 Å². The summed E-state index contributed by atoms with van der Waals surface area (Å²) in [5.74, 6) is 0.859. The third kappa shape index (κ3) is 6.22. The zero-order chi connectivity index (χ0) is 23.0. The summed E-state index contributed by atoms with van der Waals surface area (Å²) in [6, 6.07) is 28.9. The fourth-order valence-corrected chi connectivity index (χ4v) is 5.01. The van der Waals surface area contributed by atoms with Crippen molar-refractivity contribution < 1.29 is 5.11 Å². The van der Waals surface area contributed by atoms with Crippen LogP contribution >= 0.6 is 0 Å². The molecule has 1 saturated heterocycles. The third-order valence-electron chi connectivity index (χ3n) is 7.00. The maximum atomic E-state index is 9.51. The van der Waals surface area contributed by atoms with Crippen LogP contribution < -0.4 is 0 Å². The van der Waals surface area contributed by atoms with Gasteiger partial charge in [0.2, 0.25) is 0 Å². The lowest BCUT2D eigenvalue weighted by Crippen LogP contribution is -2.29. The van der Waals surface area contributed by atoms with Crippen LogP contribution in [0.4, 0.5) is 0 Å². The minimum absolute atomic E-state index is 0.185. The first-order valence-electron chi connectivity index (χ1n) is 12.4. The Morgan fingerprint density at radius 1 is 0.939 bits per heavy atom. The standard InChI is InChI=1S/C31H37NO/c1-24-8-6-11-30(22-24)31(23-29(12-7-21-33)25-9-4-3-5-10-25)28-15-13-26(14-16-28)27-17-19-32(2)20-18-27/h3-6,8-11,13-16,22-23,27,31,33H,7,12,17-21H2,1-2H3. The van der Waals surface area contributed by atoms with E-state index >= 15 is 0 Å². The van der Waals surface area contributed by atoms with Crippen molar-refractivity contribution in [3.8, 4) is 0 Å². The van der Waals surface area contributed by atoms with E-state index in [-0.39, 0.29) is 12.5 Å². The molecule has 1 aliphatic heterocycles. The molecule has 4 rings (SSSR count). The third-order valence-corrected chi connectivity index (χ3v) is 7.00. The first-order valence-corrected chi connectivity index (χ1v) is 12.4. The summed E-state index contributed by atoms with van der Waals surface area (Å²) in [6.45, 7) is 4.75. The van der Waals surface area contributed by atoms with Gasteiger partial charge in [0.15, 0.2) is 0 Å². The van der Waals surface area contributed by atoms with Crippen molar-refractivity contribution in [2.45, 2.75) is 44.4 Å². The number of hydrogen-bond acceptors (Lipinski definition) is 2. The molecule has 172 valence electrons. The van der Waals surface area contributed by atoms with Gasteiger partial charge in [0, 0.05) is 12.5 Å². The fraction of sp³-hybridized carbons (Fsp3) is 0.355. The van der Waals surface area contributed by atoms with Crippen molar-refractivity contribution in [1.82, 2.24) is 4.90 Å². The van der Waals surface area contributed by atoms with Crippen LogP contribution in [0.2, 0.25) is 0 Å². The van der Waals surface area contributed by atoms with Crippen LogP contribution in [0.25, 0.3) is 5.57 Å². The fourth-order valence-electron chi connectivity index (χ4n) is 5.01. The molecule has 1 heterocycles. The second-order valence-corrected chi connectivity index (χ2v) is 9.52. The molecular weight excluding hydrogens is 402 g/mol. The monoisotopic (exact) mass is 439 g/mol. The summed E-state index contributed by atoms with van der Waals surface area (Å²) >= 11 is 0. The number of likely N-dealkylation sites (tertiary alicyclic amines) is 1. The maximum Gasteiger partial charge on any atom is 0.0434 e. The molecule has 0 bridgehead atoms. The highest BCUT2D eigenvalue weighted by molar-refractivity contribution is 5.67. The zero-order valence-corrected chi connectivity index (χ0v) is 20.1. The quantitative estimate of drug-likeness (QED) is 0.417. The van der Waals surface area contributed by atoms with Gasteiger partial charge in [-0.3, -0.25) is 0 Å². The molecule has 3 aromatic rings. The lowest BCUT2D eigenvalue weighted by atomic mass is 9.84. The Labute approximate surface area is 199 Å². The summed E-state index contributed by atoms with van der Waals surface area (Å²) in [6.07, 6.45) is 6.56. The zero-order valence-electron chi connectivity index (χ0n) is 20.1. The van der Waals surface area contributed by atoms with Crippen LogP contribution in [0, 0.1) is 6.92 Å². The summed E-state index contributed by atoms with van der Waals surface area (Å²) in [5, 5.41) is 9.51. The van der Waals surface area contributed by atoms with Crippen molar-refractivity contribution >= 4 is 5.57 Å². The van der Waals surface area contributed by atoms with Gasteiger partial charge in [0.05, 0.1) is 0 Å². The van der Waals surface area contributed by atoms with Crippen molar-refractivity contribution in [3.63, 3.8) is 0 Å². The number of allylic oxidation sites excluding steroid dienone is 2. The molecule has 0 saturated carbocycles. The Bertz CT molecular complexity index is 1030. The molecule has 1 unspecified atom stereocenters. The first kappa shape index (κ1) is 23.5. The predicted octanol–water partition coefficient (Wildman–Crippen LogP) is 6.79. The van der Waals surface area contributed by atoms with Crippen LogP contribution in [-0.4, -0.2) is 36.8 Å². The van der Waals surface area contributed by atoms with Gasteiger partial charge in [-0.15, -0.1) is 0 Å². The topological polar surface area (TPSA) is 23.5 Å². The Kier molecular flexibility index (Phi) is 8.15. The Morgan fingerprint density at radius 3 is 2.33 bits per heavy atom. The van der Waals surface area contributed by atoms with Crippen LogP contribution in [0.3, 0.4) is 0 Å². The van der Waals surface area contributed by atoms with E-state index in [0.29, 0.717) is 5.92 Å². The lowest BCUT2D eigenvalue weighted by molar-refractivity contribution is 0.255. The number of piperidine rings is 1. The average Bonchev–Trinajstić information content (AvgIpc) is 2.85. The largest absolute Gasteiger partial charge is 0.396 e. The molecule has 0 amide bonds. The van der Waals surface area contributed by atoms with Crippen molar-refractivity contribution in [2.24, 2.45) is 0 Å². The second kappa shape index (κ2) is 11.4. The van der Waals surface area contributed by atoms with Crippen LogP contribution in [-0.2, 0) is 0 Å². The van der Waals surface area contributed by atoms with E-state index in [1.165, 1.54) is 59.3 Å². The smallest absolute Gasteiger partial charge is 0.0434 e. The summed E-state index contributed by atoms with van der Waals surface area (Å²) in [7, 11) is 2.22. The summed E-state index contributed by atoms with van der Waals surface area (Å²) in [5.41, 5.74) is 7.95. The summed E-state index contributed by atoms with van der Waals surface area (Å²) in [4.78, 5) is 2.43. The van der Waals surface area contributed by atoms with E-state index in [9.17, 15) is 5.11 Å². The highest BCUT2D eigenvalue weighted by Gasteiger charge is 2.19. The molecular formula is C31H37NO. The normalized spacial score (nSPS) is 16.6. The Morgan fingerprint density at radius 2 is 1.67 bits per heavy atom. The highest BCUT2D eigenvalue weighted by Crippen LogP contribution is 2.34. The minimum Gasteiger partial charge on any atom is -0.396 e. The maximum absolute atomic E-state index is 9.51. The molecule has 0 aromatic heterocycles. The molecule has 1 aliphatic rings. The number of aliphatic hydroxyl groups is 1. The van der Waals surface area contributed by atoms with E-state index in [4.69, 9.17) is 0 Å². The molecule has 1 atom stereocenters. The number of rotatable bonds is 8. The second-order valence-electron chi connectivity index (χ2n) is 9.52. The molecule has 1 fully saturated rings. The van der Waals surface area contributed by atoms with Crippen LogP contribution in [0.15, 0.2) is 84.9 Å². The van der Waals surface area contributed by atoms with Gasteiger partial charge in [-0.2, -0.15) is 0 Å². The molecule has 0 spiro atoms. The van der Waals surface area contributed by atoms with Crippen LogP contribution in [0.1, 0.15) is 65.3 Å². The van der Waals surface area contributed by atoms with E-state index in [2.05, 4.69) is 104 Å². The van der Waals surface area contributed by atoms with Gasteiger partial charge in [0.25, 0.3) is 0 Å². The molecule has 1 N–H and O–H groups in total. The van der Waals surface area contributed by atoms with E-state index in [1.807, 2.05) is 0 Å². The van der Waals surface area contributed by atoms with E-state index in [0.717, 1.165) is 12.8 Å². The van der Waals surface area contributed by atoms with Crippen molar-refractivity contribution in [3.05, 3.63) is 113 Å². The SMILES string of the molecule is Cc1cccc(C(C=C(CCCO)c2ccccc2)c2ccc(C3CCN(C)CC3)cc2)c1. The van der Waals surface area contributed by atoms with Crippen molar-refractivity contribution in [1.29, 1.82) is 0 Å². The first-order chi connectivity index (χ1) is 16.1. The number of aliphatic hydroxyl groups excluding tert-OH is 1. The molecule has 2 nitrogen and oxygen atoms in total. The highest BCUT2D eigenvalue weighted by atomic mass is 16.2. The van der Waals surface area contributed by atoms with E-state index in [1.54, 1.807) is 0 Å². The number of aryl methyl sites for hydroxylation is 1. The predicted molar refractivity (Wildman–Crippen MR) is 140 cm³/mol. The van der Waals surface area contributed by atoms with Gasteiger partial charge in [-0.25, -0.2) is 0 Å². The Balaban J connectivity index is 1.70. The molecule has 3 aromatic carbocycles. The van der Waals surface area contributed by atoms with Gasteiger partial charge in [-0.1, -0.05) is 90.5 Å². The molecule has 2 heteroatoms. The lowest BCUT2D eigenvalue weighted by Gasteiger charge is -2.29.